The summed E-state index contributed by atoms with van der Waals surface area (Å²) < 4.78 is 14.6. The second kappa shape index (κ2) is 8.14. The molecule has 0 saturated carbocycles. The summed E-state index contributed by atoms with van der Waals surface area (Å²) in [6.07, 6.45) is 3.89. The summed E-state index contributed by atoms with van der Waals surface area (Å²) >= 11 is 1.73. The second-order valence-electron chi connectivity index (χ2n) is 5.00. The number of thioether (sulfide) groups is 1. The van der Waals surface area contributed by atoms with Crippen molar-refractivity contribution in [2.24, 2.45) is 7.05 Å². The average molecular weight is 308 g/mol. The lowest BCUT2D eigenvalue weighted by Crippen LogP contribution is -2.34. The molecule has 2 rings (SSSR count). The van der Waals surface area contributed by atoms with Gasteiger partial charge in [0.05, 0.1) is 5.69 Å². The van der Waals surface area contributed by atoms with Crippen LogP contribution < -0.4 is 5.32 Å². The Morgan fingerprint density at radius 3 is 2.71 bits per heavy atom. The van der Waals surface area contributed by atoms with Gasteiger partial charge in [0.2, 0.25) is 0 Å². The molecule has 4 nitrogen and oxygen atoms in total. The van der Waals surface area contributed by atoms with Gasteiger partial charge in [0.15, 0.2) is 0 Å². The van der Waals surface area contributed by atoms with Crippen molar-refractivity contribution in [3.8, 4) is 0 Å². The number of aromatic nitrogens is 3. The fraction of sp³-hybridized carbons (Fsp3) is 0.467. The Kier molecular flexibility index (Phi) is 6.20. The summed E-state index contributed by atoms with van der Waals surface area (Å²) in [6.45, 7) is 3.13. The summed E-state index contributed by atoms with van der Waals surface area (Å²) in [5.41, 5.74) is 0.991. The Morgan fingerprint density at radius 1 is 1.33 bits per heavy atom. The van der Waals surface area contributed by atoms with Crippen LogP contribution in [0.5, 0.6) is 0 Å². The molecule has 0 aliphatic heterocycles. The van der Waals surface area contributed by atoms with E-state index < -0.39 is 0 Å². The highest BCUT2D eigenvalue weighted by Gasteiger charge is 2.12. The van der Waals surface area contributed by atoms with E-state index in [1.165, 1.54) is 12.1 Å². The van der Waals surface area contributed by atoms with Crippen LogP contribution in [0.2, 0.25) is 0 Å². The predicted molar refractivity (Wildman–Crippen MR) is 83.9 cm³/mol. The summed E-state index contributed by atoms with van der Waals surface area (Å²) in [6, 6.07) is 6.97. The highest BCUT2D eigenvalue weighted by molar-refractivity contribution is 7.99. The number of nitrogens with one attached hydrogen (secondary N) is 1. The summed E-state index contributed by atoms with van der Waals surface area (Å²) in [7, 11) is 1.87. The average Bonchev–Trinajstić information content (AvgIpc) is 2.89. The number of halogens is 1. The minimum Gasteiger partial charge on any atom is -0.313 e. The number of hydrogen-bond donors (Lipinski definition) is 1. The maximum absolute atomic E-state index is 12.9. The van der Waals surface area contributed by atoms with Crippen molar-refractivity contribution in [2.45, 2.75) is 30.7 Å². The normalized spacial score (nSPS) is 12.5. The van der Waals surface area contributed by atoms with E-state index in [4.69, 9.17) is 0 Å². The third-order valence-electron chi connectivity index (χ3n) is 3.05. The zero-order valence-electron chi connectivity index (χ0n) is 12.4. The van der Waals surface area contributed by atoms with Crippen molar-refractivity contribution in [2.75, 3.05) is 12.3 Å². The van der Waals surface area contributed by atoms with E-state index in [9.17, 15) is 4.39 Å². The molecule has 0 saturated heterocycles. The lowest BCUT2D eigenvalue weighted by atomic mass is 10.2. The van der Waals surface area contributed by atoms with Gasteiger partial charge in [-0.3, -0.25) is 4.68 Å². The molecule has 114 valence electrons. The summed E-state index contributed by atoms with van der Waals surface area (Å²) in [5.74, 6) is 0.724. The lowest BCUT2D eigenvalue weighted by molar-refractivity contribution is 0.544. The van der Waals surface area contributed by atoms with Gasteiger partial charge in [-0.25, -0.2) is 4.39 Å². The third kappa shape index (κ3) is 5.47. The standard InChI is InChI=1S/C15H21FN4S/c1-3-8-17-14(9-13-10-20(2)19-18-13)11-21-15-6-4-12(16)5-7-15/h4-7,10,14,17H,3,8-9,11H2,1-2H3. The highest BCUT2D eigenvalue weighted by Crippen LogP contribution is 2.20. The minimum absolute atomic E-state index is 0.195. The Balaban J connectivity index is 1.90. The molecule has 6 heteroatoms. The maximum Gasteiger partial charge on any atom is 0.123 e. The summed E-state index contributed by atoms with van der Waals surface area (Å²) in [5, 5.41) is 11.6. The smallest absolute Gasteiger partial charge is 0.123 e. The van der Waals surface area contributed by atoms with Crippen LogP contribution in [0.15, 0.2) is 35.4 Å². The molecule has 1 unspecified atom stereocenters. The fourth-order valence-corrected chi connectivity index (χ4v) is 2.97. The van der Waals surface area contributed by atoms with Gasteiger partial charge in [0, 0.05) is 36.4 Å². The molecule has 0 bridgehead atoms. The first-order valence-corrected chi connectivity index (χ1v) is 8.13. The van der Waals surface area contributed by atoms with Gasteiger partial charge in [-0.1, -0.05) is 12.1 Å². The highest BCUT2D eigenvalue weighted by atomic mass is 32.2. The van der Waals surface area contributed by atoms with Crippen LogP contribution in [-0.4, -0.2) is 33.3 Å². The Labute approximate surface area is 129 Å². The first kappa shape index (κ1) is 16.0. The zero-order valence-corrected chi connectivity index (χ0v) is 13.2. The van der Waals surface area contributed by atoms with E-state index in [1.54, 1.807) is 16.4 Å². The predicted octanol–water partition coefficient (Wildman–Crippen LogP) is 2.66. The van der Waals surface area contributed by atoms with Crippen molar-refractivity contribution < 1.29 is 4.39 Å². The van der Waals surface area contributed by atoms with Gasteiger partial charge in [-0.2, -0.15) is 0 Å². The first-order chi connectivity index (χ1) is 10.2. The monoisotopic (exact) mass is 308 g/mol. The molecule has 1 atom stereocenters. The molecular weight excluding hydrogens is 287 g/mol. The van der Waals surface area contributed by atoms with Gasteiger partial charge < -0.3 is 5.32 Å². The molecule has 0 fully saturated rings. The third-order valence-corrected chi connectivity index (χ3v) is 4.23. The van der Waals surface area contributed by atoms with Crippen molar-refractivity contribution in [1.82, 2.24) is 20.3 Å². The van der Waals surface area contributed by atoms with E-state index in [1.807, 2.05) is 25.4 Å². The largest absolute Gasteiger partial charge is 0.313 e. The minimum atomic E-state index is -0.195. The second-order valence-corrected chi connectivity index (χ2v) is 6.10. The Morgan fingerprint density at radius 2 is 2.10 bits per heavy atom. The van der Waals surface area contributed by atoms with Crippen LogP contribution in [0.1, 0.15) is 19.0 Å². The summed E-state index contributed by atoms with van der Waals surface area (Å²) in [4.78, 5) is 1.08. The molecule has 0 radical (unpaired) electrons. The molecule has 1 aromatic carbocycles. The first-order valence-electron chi connectivity index (χ1n) is 7.14. The fourth-order valence-electron chi connectivity index (χ4n) is 2.01. The van der Waals surface area contributed by atoms with Crippen molar-refractivity contribution in [1.29, 1.82) is 0 Å². The molecule has 1 heterocycles. The molecule has 21 heavy (non-hydrogen) atoms. The van der Waals surface area contributed by atoms with Crippen molar-refractivity contribution >= 4 is 11.8 Å². The number of nitrogens with zero attached hydrogens (tertiary/aromatic N) is 3. The molecule has 0 amide bonds. The Bertz CT molecular complexity index is 541. The van der Waals surface area contributed by atoms with E-state index in [0.717, 1.165) is 35.7 Å². The van der Waals surface area contributed by atoms with Gasteiger partial charge >= 0.3 is 0 Å². The molecule has 0 spiro atoms. The molecule has 0 aliphatic rings. The van der Waals surface area contributed by atoms with Gasteiger partial charge in [0.25, 0.3) is 0 Å². The van der Waals surface area contributed by atoms with Crippen LogP contribution in [0.4, 0.5) is 4.39 Å². The number of aryl methyl sites for hydroxylation is 1. The maximum atomic E-state index is 12.9. The Hall–Kier alpha value is -1.40. The molecule has 2 aromatic rings. The lowest BCUT2D eigenvalue weighted by Gasteiger charge is -2.17. The zero-order chi connectivity index (χ0) is 15.1. The van der Waals surface area contributed by atoms with Crippen LogP contribution in [0.3, 0.4) is 0 Å². The van der Waals surface area contributed by atoms with Crippen LogP contribution in [0, 0.1) is 5.82 Å². The number of hydrogen-bond acceptors (Lipinski definition) is 4. The molecule has 1 aromatic heterocycles. The van der Waals surface area contributed by atoms with E-state index in [0.29, 0.717) is 6.04 Å². The van der Waals surface area contributed by atoms with E-state index in [-0.39, 0.29) is 5.82 Å². The van der Waals surface area contributed by atoms with E-state index in [2.05, 4.69) is 22.6 Å². The van der Waals surface area contributed by atoms with Crippen molar-refractivity contribution in [3.05, 3.63) is 42.0 Å². The van der Waals surface area contributed by atoms with Gasteiger partial charge in [0.1, 0.15) is 5.82 Å². The van der Waals surface area contributed by atoms with Crippen LogP contribution in [-0.2, 0) is 13.5 Å². The van der Waals surface area contributed by atoms with E-state index >= 15 is 0 Å². The SMILES string of the molecule is CCCNC(CSc1ccc(F)cc1)Cc1cn(C)nn1. The molecule has 1 N–H and O–H groups in total. The van der Waals surface area contributed by atoms with Gasteiger partial charge in [-0.15, -0.1) is 16.9 Å². The van der Waals surface area contributed by atoms with Crippen LogP contribution in [0.25, 0.3) is 0 Å². The quantitative estimate of drug-likeness (QED) is 0.761. The van der Waals surface area contributed by atoms with Crippen molar-refractivity contribution in [3.63, 3.8) is 0 Å². The molecule has 0 aliphatic carbocycles. The molecular formula is C15H21FN4S. The number of benzene rings is 1. The van der Waals surface area contributed by atoms with Crippen LogP contribution >= 0.6 is 11.8 Å². The van der Waals surface area contributed by atoms with Gasteiger partial charge in [-0.05, 0) is 37.2 Å². The topological polar surface area (TPSA) is 42.7 Å². The number of rotatable bonds is 8.